The van der Waals surface area contributed by atoms with Crippen LogP contribution < -0.4 is 0 Å². The van der Waals surface area contributed by atoms with Gasteiger partial charge in [-0.1, -0.05) is 36.9 Å². The van der Waals surface area contributed by atoms with Gasteiger partial charge in [-0.3, -0.25) is 4.79 Å². The second-order valence-electron chi connectivity index (χ2n) is 3.75. The number of nitrogens with zero attached hydrogens (tertiary/aromatic N) is 1. The third-order valence-corrected chi connectivity index (χ3v) is 2.73. The highest BCUT2D eigenvalue weighted by molar-refractivity contribution is 5.87. The third kappa shape index (κ3) is 2.70. The number of benzene rings is 1. The Hall–Kier alpha value is -1.61. The van der Waals surface area contributed by atoms with E-state index in [1.807, 2.05) is 30.3 Å². The lowest BCUT2D eigenvalue weighted by Gasteiger charge is -2.28. The summed E-state index contributed by atoms with van der Waals surface area (Å²) in [6.07, 6.45) is 0.559. The van der Waals surface area contributed by atoms with Crippen molar-refractivity contribution in [3.63, 3.8) is 0 Å². The topological polar surface area (TPSA) is 40.5 Å². The molecule has 0 saturated heterocycles. The fourth-order valence-corrected chi connectivity index (χ4v) is 1.49. The number of rotatable bonds is 4. The van der Waals surface area contributed by atoms with Gasteiger partial charge in [-0.15, -0.1) is 0 Å². The van der Waals surface area contributed by atoms with Gasteiger partial charge in [0.25, 0.3) is 0 Å². The molecular weight excluding hydrogens is 202 g/mol. The van der Waals surface area contributed by atoms with E-state index in [1.54, 1.807) is 14.0 Å². The van der Waals surface area contributed by atoms with Crippen LogP contribution in [-0.2, 0) is 4.79 Å². The van der Waals surface area contributed by atoms with Gasteiger partial charge in [0.15, 0.2) is 0 Å². The fraction of sp³-hybridized carbons (Fsp3) is 0.308. The van der Waals surface area contributed by atoms with Crippen LogP contribution in [0.4, 0.5) is 0 Å². The summed E-state index contributed by atoms with van der Waals surface area (Å²) in [5.41, 5.74) is 0.804. The van der Waals surface area contributed by atoms with Crippen molar-refractivity contribution in [2.75, 3.05) is 7.05 Å². The summed E-state index contributed by atoms with van der Waals surface area (Å²) in [7, 11) is 1.65. The van der Waals surface area contributed by atoms with Crippen LogP contribution in [-0.4, -0.2) is 29.0 Å². The Morgan fingerprint density at radius 2 is 2.00 bits per heavy atom. The lowest BCUT2D eigenvalue weighted by atomic mass is 10.0. The van der Waals surface area contributed by atoms with E-state index in [4.69, 9.17) is 0 Å². The third-order valence-electron chi connectivity index (χ3n) is 2.73. The molecule has 0 radical (unpaired) electrons. The number of hydrogen-bond donors (Lipinski definition) is 1. The zero-order valence-corrected chi connectivity index (χ0v) is 9.63. The molecule has 0 unspecified atom stereocenters. The molecule has 1 rings (SSSR count). The van der Waals surface area contributed by atoms with E-state index in [0.29, 0.717) is 0 Å². The minimum absolute atomic E-state index is 0.192. The molecule has 1 aromatic rings. The van der Waals surface area contributed by atoms with Crippen LogP contribution in [0, 0.1) is 0 Å². The highest BCUT2D eigenvalue weighted by Crippen LogP contribution is 2.19. The molecule has 0 aliphatic carbocycles. The highest BCUT2D eigenvalue weighted by Gasteiger charge is 2.22. The van der Waals surface area contributed by atoms with E-state index < -0.39 is 6.10 Å². The molecule has 3 heteroatoms. The Morgan fingerprint density at radius 1 is 1.44 bits per heavy atom. The van der Waals surface area contributed by atoms with Gasteiger partial charge in [-0.05, 0) is 18.6 Å². The number of aliphatic hydroxyl groups excluding tert-OH is 1. The van der Waals surface area contributed by atoms with Crippen LogP contribution in [0.25, 0.3) is 0 Å². The Bertz CT molecular complexity index is 361. The summed E-state index contributed by atoms with van der Waals surface area (Å²) in [6.45, 7) is 5.23. The molecule has 0 fully saturated rings. The zero-order valence-electron chi connectivity index (χ0n) is 9.63. The van der Waals surface area contributed by atoms with Crippen molar-refractivity contribution in [3.8, 4) is 0 Å². The summed E-state index contributed by atoms with van der Waals surface area (Å²) in [4.78, 5) is 12.9. The number of carbonyl (C=O) groups is 1. The van der Waals surface area contributed by atoms with Crippen LogP contribution in [0.3, 0.4) is 0 Å². The minimum Gasteiger partial charge on any atom is -0.386 e. The van der Waals surface area contributed by atoms with E-state index >= 15 is 0 Å². The number of hydrogen-bond acceptors (Lipinski definition) is 2. The van der Waals surface area contributed by atoms with Gasteiger partial charge < -0.3 is 10.0 Å². The molecule has 1 amide bonds. The van der Waals surface area contributed by atoms with Gasteiger partial charge in [0.05, 0.1) is 12.1 Å². The molecule has 0 heterocycles. The predicted molar refractivity (Wildman–Crippen MR) is 63.8 cm³/mol. The van der Waals surface area contributed by atoms with Crippen molar-refractivity contribution < 1.29 is 9.90 Å². The van der Waals surface area contributed by atoms with Gasteiger partial charge >= 0.3 is 0 Å². The fourth-order valence-electron chi connectivity index (χ4n) is 1.49. The van der Waals surface area contributed by atoms with Gasteiger partial charge in [0, 0.05) is 7.05 Å². The highest BCUT2D eigenvalue weighted by atomic mass is 16.3. The number of carbonyl (C=O) groups excluding carboxylic acids is 1. The zero-order chi connectivity index (χ0) is 12.1. The van der Waals surface area contributed by atoms with Crippen LogP contribution in [0.15, 0.2) is 43.0 Å². The van der Waals surface area contributed by atoms with Gasteiger partial charge in [-0.2, -0.15) is 0 Å². The Morgan fingerprint density at radius 3 is 2.50 bits per heavy atom. The Kier molecular flexibility index (Phi) is 4.26. The first-order valence-electron chi connectivity index (χ1n) is 5.20. The SMILES string of the molecule is C=CC(=O)N(C)[C@H](C)[C@@H](O)c1ccccc1. The number of likely N-dealkylation sites (N-methyl/N-ethyl adjacent to an activating group) is 1. The first-order chi connectivity index (χ1) is 7.57. The summed E-state index contributed by atoms with van der Waals surface area (Å²) in [6, 6.07) is 9.01. The van der Waals surface area contributed by atoms with Crippen LogP contribution >= 0.6 is 0 Å². The number of amides is 1. The van der Waals surface area contributed by atoms with Crippen molar-refractivity contribution in [1.29, 1.82) is 0 Å². The standard InChI is InChI=1S/C13H17NO2/c1-4-12(15)14(3)10(2)13(16)11-8-6-5-7-9-11/h4-10,13,16H,1H2,2-3H3/t10-,13-/m1/s1. The Labute approximate surface area is 96.0 Å². The monoisotopic (exact) mass is 219 g/mol. The van der Waals surface area contributed by atoms with Gasteiger partial charge in [0.1, 0.15) is 0 Å². The number of aliphatic hydroxyl groups is 1. The first-order valence-corrected chi connectivity index (χ1v) is 5.20. The smallest absolute Gasteiger partial charge is 0.246 e. The van der Waals surface area contributed by atoms with Crippen molar-refractivity contribution in [1.82, 2.24) is 4.90 Å². The predicted octanol–water partition coefficient (Wildman–Crippen LogP) is 1.75. The lowest BCUT2D eigenvalue weighted by Crippen LogP contribution is -2.38. The second-order valence-corrected chi connectivity index (χ2v) is 3.75. The molecule has 3 nitrogen and oxygen atoms in total. The molecule has 0 aromatic heterocycles. The maximum Gasteiger partial charge on any atom is 0.246 e. The molecule has 86 valence electrons. The molecule has 0 aliphatic heterocycles. The lowest BCUT2D eigenvalue weighted by molar-refractivity contribution is -0.128. The van der Waals surface area contributed by atoms with Gasteiger partial charge in [0.2, 0.25) is 5.91 Å². The Balaban J connectivity index is 2.78. The molecule has 0 spiro atoms. The molecule has 16 heavy (non-hydrogen) atoms. The average molecular weight is 219 g/mol. The van der Waals surface area contributed by atoms with Crippen molar-refractivity contribution in [2.45, 2.75) is 19.1 Å². The first kappa shape index (κ1) is 12.5. The van der Waals surface area contributed by atoms with Gasteiger partial charge in [-0.25, -0.2) is 0 Å². The molecule has 0 aliphatic rings. The summed E-state index contributed by atoms with van der Waals surface area (Å²) in [5.74, 6) is -0.192. The average Bonchev–Trinajstić information content (AvgIpc) is 2.36. The summed E-state index contributed by atoms with van der Waals surface area (Å²) >= 11 is 0. The summed E-state index contributed by atoms with van der Waals surface area (Å²) in [5, 5.41) is 10.1. The summed E-state index contributed by atoms with van der Waals surface area (Å²) < 4.78 is 0. The van der Waals surface area contributed by atoms with Crippen LogP contribution in [0.2, 0.25) is 0 Å². The van der Waals surface area contributed by atoms with E-state index in [-0.39, 0.29) is 11.9 Å². The molecule has 1 aromatic carbocycles. The van der Waals surface area contributed by atoms with E-state index in [2.05, 4.69) is 6.58 Å². The molecule has 1 N–H and O–H groups in total. The van der Waals surface area contributed by atoms with Crippen molar-refractivity contribution in [3.05, 3.63) is 48.6 Å². The maximum atomic E-state index is 11.4. The molecule has 0 saturated carbocycles. The van der Waals surface area contributed by atoms with E-state index in [0.717, 1.165) is 5.56 Å². The normalized spacial score (nSPS) is 13.9. The molecule has 2 atom stereocenters. The largest absolute Gasteiger partial charge is 0.386 e. The molecule has 0 bridgehead atoms. The second kappa shape index (κ2) is 5.47. The van der Waals surface area contributed by atoms with Crippen molar-refractivity contribution in [2.24, 2.45) is 0 Å². The van der Waals surface area contributed by atoms with E-state index in [9.17, 15) is 9.90 Å². The molecular formula is C13H17NO2. The van der Waals surface area contributed by atoms with Crippen LogP contribution in [0.5, 0.6) is 0 Å². The minimum atomic E-state index is -0.685. The van der Waals surface area contributed by atoms with Crippen LogP contribution in [0.1, 0.15) is 18.6 Å². The van der Waals surface area contributed by atoms with Crippen molar-refractivity contribution >= 4 is 5.91 Å². The quantitative estimate of drug-likeness (QED) is 0.784. The maximum absolute atomic E-state index is 11.4. The van der Waals surface area contributed by atoms with E-state index in [1.165, 1.54) is 11.0 Å².